The molecule has 0 amide bonds. The monoisotopic (exact) mass is 523 g/mol. The van der Waals surface area contributed by atoms with Gasteiger partial charge in [-0.1, -0.05) is 31.1 Å². The molecule has 1 aliphatic heterocycles. The average molecular weight is 524 g/mol. The molecule has 0 saturated carbocycles. The molecule has 1 fully saturated rings. The highest BCUT2D eigenvalue weighted by molar-refractivity contribution is 5.81. The normalized spacial score (nSPS) is 15.2. The van der Waals surface area contributed by atoms with Crippen molar-refractivity contribution < 1.29 is 14.4 Å². The molecule has 0 bridgehead atoms. The largest absolute Gasteiger partial charge is 0.507 e. The van der Waals surface area contributed by atoms with Crippen LogP contribution < -0.4 is 4.90 Å². The van der Waals surface area contributed by atoms with E-state index in [1.807, 2.05) is 32.0 Å². The second-order valence-electron chi connectivity index (χ2n) is 10.3. The number of piperidine rings is 1. The maximum Gasteiger partial charge on any atom is 0.225 e. The van der Waals surface area contributed by atoms with Crippen molar-refractivity contribution in [2.75, 3.05) is 18.0 Å². The van der Waals surface area contributed by atoms with Gasteiger partial charge >= 0.3 is 0 Å². The second-order valence-corrected chi connectivity index (χ2v) is 10.3. The van der Waals surface area contributed by atoms with Gasteiger partial charge in [0.05, 0.1) is 17.1 Å². The third-order valence-corrected chi connectivity index (χ3v) is 7.45. The summed E-state index contributed by atoms with van der Waals surface area (Å²) >= 11 is 0. The lowest BCUT2D eigenvalue weighted by molar-refractivity contribution is -0.110. The van der Waals surface area contributed by atoms with Crippen LogP contribution in [-0.4, -0.2) is 54.8 Å². The molecule has 198 valence electrons. The van der Waals surface area contributed by atoms with E-state index in [1.54, 1.807) is 30.6 Å². The molecule has 1 aromatic carbocycles. The molecule has 5 aromatic rings. The Morgan fingerprint density at radius 3 is 2.54 bits per heavy atom. The number of aldehydes is 1. The number of aromatic hydroxyl groups is 1. The lowest BCUT2D eigenvalue weighted by Crippen LogP contribution is -2.34. The fourth-order valence-corrected chi connectivity index (χ4v) is 5.13. The zero-order valence-electron chi connectivity index (χ0n) is 21.8. The van der Waals surface area contributed by atoms with Crippen LogP contribution in [0.1, 0.15) is 50.0 Å². The van der Waals surface area contributed by atoms with Gasteiger partial charge in [0, 0.05) is 54.3 Å². The lowest BCUT2D eigenvalue weighted by Gasteiger charge is -2.31. The van der Waals surface area contributed by atoms with Crippen LogP contribution in [0.4, 0.5) is 5.95 Å². The highest BCUT2D eigenvalue weighted by Gasteiger charge is 2.25. The number of rotatable bonds is 7. The summed E-state index contributed by atoms with van der Waals surface area (Å²) in [7, 11) is 0. The topological polar surface area (TPSA) is 134 Å². The fourth-order valence-electron chi connectivity index (χ4n) is 5.13. The molecule has 39 heavy (non-hydrogen) atoms. The number of anilines is 1. The Kier molecular flexibility index (Phi) is 6.52. The molecule has 1 unspecified atom stereocenters. The predicted octanol–water partition coefficient (Wildman–Crippen LogP) is 5.10. The Balaban J connectivity index is 1.12. The molecule has 10 nitrogen and oxygen atoms in total. The summed E-state index contributed by atoms with van der Waals surface area (Å²) in [6.45, 7) is 5.61. The number of aromatic nitrogens is 6. The van der Waals surface area contributed by atoms with Gasteiger partial charge in [0.25, 0.3) is 0 Å². The van der Waals surface area contributed by atoms with Crippen LogP contribution in [0.15, 0.2) is 59.4 Å². The van der Waals surface area contributed by atoms with E-state index in [0.717, 1.165) is 54.5 Å². The first-order valence-corrected chi connectivity index (χ1v) is 13.1. The number of hydrogen-bond acceptors (Lipinski definition) is 9. The summed E-state index contributed by atoms with van der Waals surface area (Å²) in [5, 5.41) is 23.0. The molecule has 4 aromatic heterocycles. The quantitative estimate of drug-likeness (QED) is 0.279. The number of phenolic OH excluding ortho intramolecular Hbond substituents is 1. The van der Waals surface area contributed by atoms with Gasteiger partial charge in [0.15, 0.2) is 0 Å². The first kappa shape index (κ1) is 24.7. The fraction of sp³-hybridized carbons (Fsp3) is 0.310. The first-order valence-electron chi connectivity index (χ1n) is 13.1. The Morgan fingerprint density at radius 2 is 1.82 bits per heavy atom. The van der Waals surface area contributed by atoms with Crippen LogP contribution >= 0.6 is 0 Å². The molecule has 5 heterocycles. The molecule has 0 aliphatic carbocycles. The van der Waals surface area contributed by atoms with Crippen molar-refractivity contribution >= 4 is 23.3 Å². The van der Waals surface area contributed by atoms with Gasteiger partial charge in [0.2, 0.25) is 5.95 Å². The molecule has 1 atom stereocenters. The Bertz CT molecular complexity index is 1600. The maximum atomic E-state index is 11.4. The van der Waals surface area contributed by atoms with E-state index in [4.69, 9.17) is 4.52 Å². The molecule has 10 heteroatoms. The minimum Gasteiger partial charge on any atom is -0.507 e. The van der Waals surface area contributed by atoms with E-state index in [9.17, 15) is 9.90 Å². The van der Waals surface area contributed by atoms with E-state index in [0.29, 0.717) is 34.6 Å². The summed E-state index contributed by atoms with van der Waals surface area (Å²) in [4.78, 5) is 26.3. The number of aromatic amines is 1. The maximum absolute atomic E-state index is 11.4. The van der Waals surface area contributed by atoms with Crippen LogP contribution in [0.5, 0.6) is 5.75 Å². The molecular formula is C29H29N7O3. The van der Waals surface area contributed by atoms with Crippen molar-refractivity contribution in [3.05, 3.63) is 66.3 Å². The number of H-pyrrole nitrogens is 1. The van der Waals surface area contributed by atoms with Gasteiger partial charge in [-0.15, -0.1) is 10.2 Å². The predicted molar refractivity (Wildman–Crippen MR) is 146 cm³/mol. The number of nitrogens with zero attached hydrogens (tertiary/aromatic N) is 6. The van der Waals surface area contributed by atoms with Crippen LogP contribution in [-0.2, 0) is 4.79 Å². The summed E-state index contributed by atoms with van der Waals surface area (Å²) in [6, 6.07) is 12.9. The molecule has 2 N–H and O–H groups in total. The number of nitrogens with one attached hydrogen (secondary N) is 1. The minimum atomic E-state index is -0.323. The average Bonchev–Trinajstić information content (AvgIpc) is 3.61. The van der Waals surface area contributed by atoms with E-state index in [1.165, 1.54) is 0 Å². The standard InChI is InChI=1S/C29H29N7O3/c1-17(2)21(16-37)28-13-23(35-39-28)19-14-30-29(31-15-19)36-9-7-18(8-10-36)22-11-26-25(32-22)12-24(33-34-26)20-5-3-4-6-27(20)38/h3-6,11-18,21,32,38H,7-10H2,1-2H3. The van der Waals surface area contributed by atoms with Crippen LogP contribution in [0, 0.1) is 5.92 Å². The highest BCUT2D eigenvalue weighted by Crippen LogP contribution is 2.33. The number of para-hydroxylation sites is 1. The van der Waals surface area contributed by atoms with E-state index < -0.39 is 0 Å². The zero-order valence-corrected chi connectivity index (χ0v) is 21.8. The summed E-state index contributed by atoms with van der Waals surface area (Å²) in [5.74, 6) is 1.59. The van der Waals surface area contributed by atoms with Gasteiger partial charge < -0.3 is 24.3 Å². The summed E-state index contributed by atoms with van der Waals surface area (Å²) < 4.78 is 5.42. The van der Waals surface area contributed by atoms with Crippen molar-refractivity contribution in [1.82, 2.24) is 30.3 Å². The van der Waals surface area contributed by atoms with Crippen LogP contribution in [0.25, 0.3) is 33.5 Å². The number of benzene rings is 1. The highest BCUT2D eigenvalue weighted by atomic mass is 16.5. The molecule has 1 saturated heterocycles. The Hall–Kier alpha value is -4.60. The third kappa shape index (κ3) is 4.85. The molecule has 0 spiro atoms. The summed E-state index contributed by atoms with van der Waals surface area (Å²) in [6.07, 6.45) is 6.30. The summed E-state index contributed by atoms with van der Waals surface area (Å²) in [5.41, 5.74) is 5.52. The number of hydrogen-bond donors (Lipinski definition) is 2. The van der Waals surface area contributed by atoms with Gasteiger partial charge in [-0.25, -0.2) is 9.97 Å². The van der Waals surface area contributed by atoms with Crippen LogP contribution in [0.2, 0.25) is 0 Å². The number of phenols is 1. The van der Waals surface area contributed by atoms with E-state index in [-0.39, 0.29) is 17.6 Å². The lowest BCUT2D eigenvalue weighted by atomic mass is 9.94. The number of fused-ring (bicyclic) bond motifs is 1. The smallest absolute Gasteiger partial charge is 0.225 e. The first-order chi connectivity index (χ1) is 19.0. The Labute approximate surface area is 225 Å². The van der Waals surface area contributed by atoms with Crippen molar-refractivity contribution in [1.29, 1.82) is 0 Å². The number of carbonyl (C=O) groups is 1. The van der Waals surface area contributed by atoms with Crippen molar-refractivity contribution in [3.8, 4) is 28.3 Å². The van der Waals surface area contributed by atoms with Gasteiger partial charge in [-0.3, -0.25) is 0 Å². The SMILES string of the molecule is CC(C)C(C=O)c1cc(-c2cnc(N3CCC(c4cc5nnc(-c6ccccc6O)cc5[nH]4)CC3)nc2)no1. The van der Waals surface area contributed by atoms with E-state index >= 15 is 0 Å². The number of carbonyl (C=O) groups excluding carboxylic acids is 1. The van der Waals surface area contributed by atoms with Gasteiger partial charge in [0.1, 0.15) is 29.0 Å². The van der Waals surface area contributed by atoms with Gasteiger partial charge in [-0.2, -0.15) is 0 Å². The Morgan fingerprint density at radius 1 is 1.05 bits per heavy atom. The second kappa shape index (κ2) is 10.3. The van der Waals surface area contributed by atoms with Crippen molar-refractivity contribution in [2.24, 2.45) is 5.92 Å². The molecule has 1 aliphatic rings. The van der Waals surface area contributed by atoms with Crippen LogP contribution in [0.3, 0.4) is 0 Å². The minimum absolute atomic E-state index is 0.128. The molecule has 6 rings (SSSR count). The van der Waals surface area contributed by atoms with Crippen molar-refractivity contribution in [2.45, 2.75) is 38.5 Å². The van der Waals surface area contributed by atoms with Crippen molar-refractivity contribution in [3.63, 3.8) is 0 Å². The molecule has 0 radical (unpaired) electrons. The third-order valence-electron chi connectivity index (χ3n) is 7.45. The van der Waals surface area contributed by atoms with Gasteiger partial charge in [-0.05, 0) is 43.0 Å². The zero-order chi connectivity index (χ0) is 26.9. The molecular weight excluding hydrogens is 494 g/mol. The van der Waals surface area contributed by atoms with E-state index in [2.05, 4.69) is 41.3 Å².